The van der Waals surface area contributed by atoms with Crippen LogP contribution in [0.15, 0.2) is 11.6 Å². The van der Waals surface area contributed by atoms with Gasteiger partial charge >= 0.3 is 12.1 Å². The monoisotopic (exact) mass is 669 g/mol. The van der Waals surface area contributed by atoms with E-state index in [9.17, 15) is 19.5 Å². The molecule has 0 radical (unpaired) electrons. The van der Waals surface area contributed by atoms with Gasteiger partial charge in [0, 0.05) is 38.9 Å². The Hall–Kier alpha value is -1.87. The summed E-state index contributed by atoms with van der Waals surface area (Å²) < 4.78 is 44.9. The van der Waals surface area contributed by atoms with Gasteiger partial charge in [0.05, 0.1) is 36.9 Å². The van der Waals surface area contributed by atoms with Gasteiger partial charge in [0.25, 0.3) is 0 Å². The minimum Gasteiger partial charge on any atom is -0.454 e. The van der Waals surface area contributed by atoms with Gasteiger partial charge in [0.1, 0.15) is 6.10 Å². The fraction of sp³-hybridized carbons (Fsp3) is 0.848. The Morgan fingerprint density at radius 2 is 1.76 bits per heavy atom. The third kappa shape index (κ3) is 6.70. The van der Waals surface area contributed by atoms with Crippen molar-refractivity contribution in [1.29, 1.82) is 0 Å². The molecule has 262 valence electrons. The number of methoxy groups -OCH3 is 2. The third-order valence-electron chi connectivity index (χ3n) is 11.1. The average molecular weight is 670 g/mol. The quantitative estimate of drug-likeness (QED) is 0.187. The molecule has 46 heavy (non-hydrogen) atoms. The summed E-state index contributed by atoms with van der Waals surface area (Å²) in [7, 11) is 0.741. The van der Waals surface area contributed by atoms with Gasteiger partial charge in [0.15, 0.2) is 38.3 Å². The fourth-order valence-electron chi connectivity index (χ4n) is 7.59. The molecule has 0 aromatic rings. The lowest BCUT2D eigenvalue weighted by atomic mass is 9.79. The van der Waals surface area contributed by atoms with Crippen molar-refractivity contribution in [2.75, 3.05) is 14.2 Å². The highest BCUT2D eigenvalue weighted by molar-refractivity contribution is 6.79. The molecule has 4 aliphatic heterocycles. The van der Waals surface area contributed by atoms with Crippen LogP contribution in [0.3, 0.4) is 0 Å². The Kier molecular flexibility index (Phi) is 10.6. The Morgan fingerprint density at radius 3 is 2.33 bits per heavy atom. The first kappa shape index (κ1) is 37.0. The minimum atomic E-state index is -2.39. The molecule has 12 nitrogen and oxygen atoms in total. The number of ether oxygens (including phenoxy) is 7. The topological polar surface area (TPSA) is 139 Å². The number of nitrogens with zero attached hydrogens (tertiary/aromatic N) is 1. The summed E-state index contributed by atoms with van der Waals surface area (Å²) in [6, 6.07) is -0.411. The second-order valence-electron chi connectivity index (χ2n) is 15.4. The lowest BCUT2D eigenvalue weighted by molar-refractivity contribution is -0.349. The summed E-state index contributed by atoms with van der Waals surface area (Å²) in [5.74, 6) is -3.28. The molecule has 13 heteroatoms. The lowest BCUT2D eigenvalue weighted by Gasteiger charge is -2.54. The van der Waals surface area contributed by atoms with Crippen molar-refractivity contribution in [3.63, 3.8) is 0 Å². The molecule has 3 fully saturated rings. The number of rotatable bonds is 6. The highest BCUT2D eigenvalue weighted by Crippen LogP contribution is 2.50. The molecule has 2 bridgehead atoms. The van der Waals surface area contributed by atoms with Gasteiger partial charge in [-0.3, -0.25) is 9.59 Å². The maximum atomic E-state index is 13.6. The van der Waals surface area contributed by atoms with Crippen molar-refractivity contribution in [2.24, 2.45) is 11.8 Å². The lowest BCUT2D eigenvalue weighted by Crippen LogP contribution is -2.71. The summed E-state index contributed by atoms with van der Waals surface area (Å²) in [5, 5.41) is 11.6. The number of aliphatic hydroxyl groups is 1. The summed E-state index contributed by atoms with van der Waals surface area (Å²) in [4.78, 5) is 38.3. The van der Waals surface area contributed by atoms with E-state index in [2.05, 4.69) is 33.9 Å². The fourth-order valence-corrected chi connectivity index (χ4v) is 9.98. The zero-order valence-corrected chi connectivity index (χ0v) is 30.5. The van der Waals surface area contributed by atoms with Crippen molar-refractivity contribution in [2.45, 2.75) is 153 Å². The van der Waals surface area contributed by atoms with E-state index >= 15 is 0 Å². The molecule has 0 aromatic carbocycles. The summed E-state index contributed by atoms with van der Waals surface area (Å²) >= 11 is 0. The van der Waals surface area contributed by atoms with Crippen molar-refractivity contribution in [1.82, 2.24) is 4.57 Å². The molecule has 0 aliphatic carbocycles. The largest absolute Gasteiger partial charge is 0.454 e. The highest BCUT2D eigenvalue weighted by Gasteiger charge is 2.68. The van der Waals surface area contributed by atoms with Gasteiger partial charge in [-0.2, -0.15) is 0 Å². The van der Waals surface area contributed by atoms with Gasteiger partial charge in [0.2, 0.25) is 0 Å². The van der Waals surface area contributed by atoms with Crippen LogP contribution in [0.1, 0.15) is 74.7 Å². The molecule has 1 amide bonds. The molecule has 1 N–H and O–H groups in total. The number of hydrogen-bond donors (Lipinski definition) is 1. The van der Waals surface area contributed by atoms with E-state index in [1.165, 1.54) is 7.11 Å². The molecule has 3 saturated heterocycles. The minimum absolute atomic E-state index is 0.0779. The normalized spacial score (nSPS) is 43.8. The van der Waals surface area contributed by atoms with Crippen LogP contribution in [-0.4, -0.2) is 111 Å². The van der Waals surface area contributed by atoms with E-state index in [0.29, 0.717) is 6.29 Å². The predicted octanol–water partition coefficient (Wildman–Crippen LogP) is 4.33. The van der Waals surface area contributed by atoms with Crippen molar-refractivity contribution < 1.29 is 52.6 Å². The van der Waals surface area contributed by atoms with Crippen molar-refractivity contribution in [3.05, 3.63) is 11.6 Å². The number of carbonyl (C=O) groups is 3. The van der Waals surface area contributed by atoms with Crippen LogP contribution in [0, 0.1) is 11.8 Å². The van der Waals surface area contributed by atoms with E-state index in [0.717, 1.165) is 5.57 Å². The second-order valence-corrected chi connectivity index (χ2v) is 20.5. The first-order valence-electron chi connectivity index (χ1n) is 16.3. The molecule has 0 spiro atoms. The maximum absolute atomic E-state index is 13.6. The number of esters is 1. The zero-order valence-electron chi connectivity index (χ0n) is 29.5. The predicted molar refractivity (Wildman–Crippen MR) is 170 cm³/mol. The number of fused-ring (bicyclic) bond motifs is 3. The summed E-state index contributed by atoms with van der Waals surface area (Å²) in [5.41, 5.74) is -0.265. The van der Waals surface area contributed by atoms with E-state index in [1.807, 2.05) is 45.3 Å². The second kappa shape index (κ2) is 13.2. The van der Waals surface area contributed by atoms with Crippen LogP contribution >= 0.6 is 0 Å². The molecule has 4 heterocycles. The van der Waals surface area contributed by atoms with E-state index in [-0.39, 0.29) is 35.8 Å². The first-order chi connectivity index (χ1) is 21.2. The molecule has 0 aromatic heterocycles. The number of hydrogen-bond acceptors (Lipinski definition) is 11. The zero-order chi connectivity index (χ0) is 34.6. The van der Waals surface area contributed by atoms with Gasteiger partial charge in [-0.05, 0) is 25.8 Å². The molecular weight excluding hydrogens is 614 g/mol. The molecule has 0 unspecified atom stereocenters. The Balaban J connectivity index is 1.68. The van der Waals surface area contributed by atoms with Crippen LogP contribution in [0.25, 0.3) is 0 Å². The number of cyclic esters (lactones) is 1. The SMILES string of the molecule is CO[C@@H]1/C=C(\C)C[C@H](C=O)OC(=O)C[C@]2(O)C[C@H](O[C@@H]3O[C@@H](C)[C@H]4N([Si](C)(C)C(C)(C)C)C(=O)O[C@@]4(C)[C@H]3OC)[C@@H](C)[C@@H](O2)[C@@H]1C. The van der Waals surface area contributed by atoms with Crippen molar-refractivity contribution >= 4 is 26.6 Å². The highest BCUT2D eigenvalue weighted by atomic mass is 28.3. The van der Waals surface area contributed by atoms with E-state index in [1.54, 1.807) is 7.11 Å². The Labute approximate surface area is 274 Å². The number of amides is 1. The molecule has 4 aliphatic rings. The Morgan fingerprint density at radius 1 is 1.11 bits per heavy atom. The smallest absolute Gasteiger partial charge is 0.402 e. The average Bonchev–Trinajstić information content (AvgIpc) is 3.23. The molecule has 12 atom stereocenters. The number of carbonyl (C=O) groups excluding carboxylic acids is 3. The van der Waals surface area contributed by atoms with E-state index < -0.39 is 81.0 Å². The molecule has 4 rings (SSSR count). The van der Waals surface area contributed by atoms with Crippen LogP contribution in [0.4, 0.5) is 4.79 Å². The molecular formula is C33H55NO11Si. The van der Waals surface area contributed by atoms with Crippen LogP contribution in [0.5, 0.6) is 0 Å². The summed E-state index contributed by atoms with van der Waals surface area (Å²) in [6.45, 7) is 20.3. The van der Waals surface area contributed by atoms with Crippen LogP contribution in [-0.2, 0) is 42.7 Å². The van der Waals surface area contributed by atoms with Crippen LogP contribution < -0.4 is 0 Å². The number of aldehydes is 1. The standard InChI is InChI=1S/C33H55NO11Si/c1-18-13-22(17-35)42-25(36)16-33(38)15-24(20(3)26(44-33)19(2)23(14-18)39-9)43-29-28(40-10)32(8)27(21(4)41-29)34(30(37)45-32)46(11,12)31(5,6)7/h14,17,19-24,26-29,38H,13,15-16H2,1-12H3/b18-14+/t19-,20-,21+,22-,23-,24+,26+,27-,28+,29+,32-,33+/m1/s1. The van der Waals surface area contributed by atoms with Gasteiger partial charge < -0.3 is 42.8 Å². The van der Waals surface area contributed by atoms with Crippen molar-refractivity contribution in [3.8, 4) is 0 Å². The summed E-state index contributed by atoms with van der Waals surface area (Å²) in [6.07, 6.45) is -3.19. The van der Waals surface area contributed by atoms with Gasteiger partial charge in [-0.25, -0.2) is 4.79 Å². The maximum Gasteiger partial charge on any atom is 0.402 e. The third-order valence-corrected chi connectivity index (χ3v) is 16.4. The van der Waals surface area contributed by atoms with Gasteiger partial charge in [-0.15, -0.1) is 0 Å². The molecule has 0 saturated carbocycles. The Bertz CT molecular complexity index is 1190. The first-order valence-corrected chi connectivity index (χ1v) is 19.3. The van der Waals surface area contributed by atoms with Gasteiger partial charge in [-0.1, -0.05) is 59.4 Å². The van der Waals surface area contributed by atoms with E-state index in [4.69, 9.17) is 33.2 Å². The van der Waals surface area contributed by atoms with Crippen LogP contribution in [0.2, 0.25) is 18.1 Å².